The van der Waals surface area contributed by atoms with E-state index in [9.17, 15) is 4.79 Å². The van der Waals surface area contributed by atoms with Gasteiger partial charge in [0.15, 0.2) is 0 Å². The number of nitriles is 1. The average molecular weight is 265 g/mol. The van der Waals surface area contributed by atoms with Crippen LogP contribution >= 0.6 is 11.5 Å². The Labute approximate surface area is 110 Å². The maximum absolute atomic E-state index is 12.3. The van der Waals surface area contributed by atoms with Gasteiger partial charge in [0.05, 0.1) is 17.7 Å². The van der Waals surface area contributed by atoms with Gasteiger partial charge in [0, 0.05) is 7.11 Å². The Kier molecular flexibility index (Phi) is 3.64. The number of ether oxygens (including phenoxy) is 1. The van der Waals surface area contributed by atoms with E-state index in [1.54, 1.807) is 14.0 Å². The molecule has 18 heavy (non-hydrogen) atoms. The summed E-state index contributed by atoms with van der Waals surface area (Å²) in [6.07, 6.45) is 2.72. The van der Waals surface area contributed by atoms with Crippen LogP contribution in [-0.2, 0) is 9.53 Å². The standard InChI is InChI=1S/C12H15N3O2S/c1-8-9(6-13)10(18-15-8)14-11(16)12(7-17-2)4-3-5-12/h3-5,7H2,1-2H3,(H,14,16). The Morgan fingerprint density at radius 3 is 2.89 bits per heavy atom. The molecule has 1 aromatic rings. The van der Waals surface area contributed by atoms with E-state index >= 15 is 0 Å². The van der Waals surface area contributed by atoms with Crippen LogP contribution in [0.2, 0.25) is 0 Å². The molecule has 0 bridgehead atoms. The van der Waals surface area contributed by atoms with Gasteiger partial charge in [-0.05, 0) is 31.3 Å². The van der Waals surface area contributed by atoms with Gasteiger partial charge in [-0.15, -0.1) is 0 Å². The average Bonchev–Trinajstić information content (AvgIpc) is 2.64. The fourth-order valence-corrected chi connectivity index (χ4v) is 2.88. The van der Waals surface area contributed by atoms with Crippen molar-refractivity contribution >= 4 is 22.4 Å². The van der Waals surface area contributed by atoms with Gasteiger partial charge in [-0.1, -0.05) is 6.42 Å². The number of methoxy groups -OCH3 is 1. The number of aryl methyl sites for hydroxylation is 1. The molecule has 5 nitrogen and oxygen atoms in total. The quantitative estimate of drug-likeness (QED) is 0.904. The molecule has 0 aliphatic heterocycles. The minimum atomic E-state index is -0.417. The number of rotatable bonds is 4. The third-order valence-electron chi connectivity index (χ3n) is 3.41. The molecular formula is C12H15N3O2S. The molecule has 6 heteroatoms. The fourth-order valence-electron chi connectivity index (χ4n) is 2.14. The smallest absolute Gasteiger partial charge is 0.233 e. The minimum absolute atomic E-state index is 0.0595. The molecule has 1 heterocycles. The van der Waals surface area contributed by atoms with Crippen molar-refractivity contribution in [2.45, 2.75) is 26.2 Å². The molecule has 96 valence electrons. The molecule has 1 aromatic heterocycles. The molecule has 1 aliphatic rings. The third kappa shape index (κ3) is 2.11. The lowest BCUT2D eigenvalue weighted by molar-refractivity contribution is -0.134. The van der Waals surface area contributed by atoms with Gasteiger partial charge in [-0.25, -0.2) is 0 Å². The summed E-state index contributed by atoms with van der Waals surface area (Å²) in [5, 5.41) is 12.4. The first-order chi connectivity index (χ1) is 8.63. The van der Waals surface area contributed by atoms with Crippen molar-refractivity contribution in [1.82, 2.24) is 4.37 Å². The van der Waals surface area contributed by atoms with Crippen molar-refractivity contribution in [2.75, 3.05) is 19.0 Å². The van der Waals surface area contributed by atoms with Crippen LogP contribution < -0.4 is 5.32 Å². The van der Waals surface area contributed by atoms with Gasteiger partial charge >= 0.3 is 0 Å². The van der Waals surface area contributed by atoms with Gasteiger partial charge < -0.3 is 10.1 Å². The Balaban J connectivity index is 2.14. The van der Waals surface area contributed by atoms with E-state index in [2.05, 4.69) is 15.8 Å². The molecule has 1 amide bonds. The lowest BCUT2D eigenvalue weighted by Gasteiger charge is -2.39. The summed E-state index contributed by atoms with van der Waals surface area (Å²) >= 11 is 1.15. The molecule has 2 rings (SSSR count). The zero-order chi connectivity index (χ0) is 13.2. The number of amides is 1. The second-order valence-electron chi connectivity index (χ2n) is 4.60. The molecule has 0 saturated heterocycles. The maximum Gasteiger partial charge on any atom is 0.233 e. The number of hydrogen-bond acceptors (Lipinski definition) is 5. The van der Waals surface area contributed by atoms with Crippen LogP contribution in [0.3, 0.4) is 0 Å². The summed E-state index contributed by atoms with van der Waals surface area (Å²) in [4.78, 5) is 12.3. The number of carbonyl (C=O) groups is 1. The van der Waals surface area contributed by atoms with E-state index < -0.39 is 5.41 Å². The first-order valence-electron chi connectivity index (χ1n) is 5.80. The fraction of sp³-hybridized carbons (Fsp3) is 0.583. The Bertz CT molecular complexity index is 500. The number of anilines is 1. The summed E-state index contributed by atoms with van der Waals surface area (Å²) < 4.78 is 9.22. The van der Waals surface area contributed by atoms with Gasteiger partial charge in [0.2, 0.25) is 5.91 Å². The van der Waals surface area contributed by atoms with E-state index in [1.165, 1.54) is 0 Å². The van der Waals surface area contributed by atoms with Crippen LogP contribution in [0.25, 0.3) is 0 Å². The zero-order valence-electron chi connectivity index (χ0n) is 10.4. The van der Waals surface area contributed by atoms with Crippen molar-refractivity contribution in [3.8, 4) is 6.07 Å². The van der Waals surface area contributed by atoms with Gasteiger partial charge in [0.25, 0.3) is 0 Å². The Morgan fingerprint density at radius 2 is 2.39 bits per heavy atom. The Morgan fingerprint density at radius 1 is 1.67 bits per heavy atom. The van der Waals surface area contributed by atoms with Gasteiger partial charge in [-0.3, -0.25) is 4.79 Å². The highest BCUT2D eigenvalue weighted by atomic mass is 32.1. The SMILES string of the molecule is COCC1(C(=O)Nc2snc(C)c2C#N)CCC1. The first-order valence-corrected chi connectivity index (χ1v) is 6.57. The summed E-state index contributed by atoms with van der Waals surface area (Å²) in [6, 6.07) is 2.07. The monoisotopic (exact) mass is 265 g/mol. The predicted octanol–water partition coefficient (Wildman–Crippen LogP) is 2.08. The summed E-state index contributed by atoms with van der Waals surface area (Å²) in [5.41, 5.74) is 0.701. The maximum atomic E-state index is 12.3. The summed E-state index contributed by atoms with van der Waals surface area (Å²) in [5.74, 6) is -0.0595. The van der Waals surface area contributed by atoms with Crippen molar-refractivity contribution < 1.29 is 9.53 Å². The summed E-state index contributed by atoms with van der Waals surface area (Å²) in [7, 11) is 1.60. The largest absolute Gasteiger partial charge is 0.384 e. The van der Waals surface area contributed by atoms with Crippen LogP contribution in [0.1, 0.15) is 30.5 Å². The zero-order valence-corrected chi connectivity index (χ0v) is 11.3. The molecule has 0 radical (unpaired) electrons. The molecule has 0 spiro atoms. The molecule has 1 saturated carbocycles. The van der Waals surface area contributed by atoms with Gasteiger partial charge in [-0.2, -0.15) is 9.64 Å². The predicted molar refractivity (Wildman–Crippen MR) is 68.4 cm³/mol. The highest BCUT2D eigenvalue weighted by Gasteiger charge is 2.44. The van der Waals surface area contributed by atoms with Crippen molar-refractivity contribution in [3.63, 3.8) is 0 Å². The van der Waals surface area contributed by atoms with E-state index in [1.807, 2.05) is 0 Å². The molecule has 1 N–H and O–H groups in total. The number of aromatic nitrogens is 1. The molecule has 1 fully saturated rings. The normalized spacial score (nSPS) is 16.7. The number of carbonyl (C=O) groups excluding carboxylic acids is 1. The molecule has 0 unspecified atom stereocenters. The van der Waals surface area contributed by atoms with Gasteiger partial charge in [0.1, 0.15) is 16.6 Å². The van der Waals surface area contributed by atoms with Crippen LogP contribution in [-0.4, -0.2) is 24.0 Å². The number of nitrogens with one attached hydrogen (secondary N) is 1. The third-order valence-corrected chi connectivity index (χ3v) is 4.27. The van der Waals surface area contributed by atoms with Crippen LogP contribution in [0.15, 0.2) is 0 Å². The number of hydrogen-bond donors (Lipinski definition) is 1. The van der Waals surface area contributed by atoms with Crippen LogP contribution in [0.4, 0.5) is 5.00 Å². The lowest BCUT2D eigenvalue weighted by atomic mass is 9.68. The molecule has 0 atom stereocenters. The van der Waals surface area contributed by atoms with Crippen LogP contribution in [0, 0.1) is 23.7 Å². The minimum Gasteiger partial charge on any atom is -0.384 e. The molecular weight excluding hydrogens is 250 g/mol. The van der Waals surface area contributed by atoms with E-state index in [4.69, 9.17) is 10.00 Å². The summed E-state index contributed by atoms with van der Waals surface area (Å²) in [6.45, 7) is 2.19. The molecule has 0 aromatic carbocycles. The Hall–Kier alpha value is -1.45. The van der Waals surface area contributed by atoms with Crippen molar-refractivity contribution in [3.05, 3.63) is 11.3 Å². The second-order valence-corrected chi connectivity index (χ2v) is 5.38. The van der Waals surface area contributed by atoms with Crippen molar-refractivity contribution in [2.24, 2.45) is 5.41 Å². The molecule has 1 aliphatic carbocycles. The van der Waals surface area contributed by atoms with E-state index in [-0.39, 0.29) is 5.91 Å². The van der Waals surface area contributed by atoms with E-state index in [0.29, 0.717) is 22.9 Å². The van der Waals surface area contributed by atoms with Crippen molar-refractivity contribution in [1.29, 1.82) is 5.26 Å². The first kappa shape index (κ1) is 13.0. The van der Waals surface area contributed by atoms with E-state index in [0.717, 1.165) is 30.8 Å². The second kappa shape index (κ2) is 5.04. The topological polar surface area (TPSA) is 75.0 Å². The highest BCUT2D eigenvalue weighted by Crippen LogP contribution is 2.42. The number of nitrogens with zero attached hydrogens (tertiary/aromatic N) is 2. The highest BCUT2D eigenvalue weighted by molar-refractivity contribution is 7.10. The van der Waals surface area contributed by atoms with Crippen LogP contribution in [0.5, 0.6) is 0 Å². The lowest BCUT2D eigenvalue weighted by Crippen LogP contribution is -2.45.